The van der Waals surface area contributed by atoms with Crippen LogP contribution in [0.15, 0.2) is 77.7 Å². The number of hydrogen-bond acceptors (Lipinski definition) is 5. The molecule has 0 aromatic heterocycles. The summed E-state index contributed by atoms with van der Waals surface area (Å²) in [5.41, 5.74) is 2.35. The lowest BCUT2D eigenvalue weighted by atomic mass is 10.1. The molecule has 0 radical (unpaired) electrons. The summed E-state index contributed by atoms with van der Waals surface area (Å²) in [6, 6.07) is 20.0. The third-order valence-electron chi connectivity index (χ3n) is 5.12. The van der Waals surface area contributed by atoms with Crippen molar-refractivity contribution in [3.8, 4) is 11.5 Å². The third-order valence-corrected chi connectivity index (χ3v) is 6.59. The Morgan fingerprint density at radius 3 is 2.38 bits per heavy atom. The fourth-order valence-electron chi connectivity index (χ4n) is 3.42. The van der Waals surface area contributed by atoms with E-state index in [1.54, 1.807) is 12.1 Å². The molecule has 0 bridgehead atoms. The Bertz CT molecular complexity index is 1210. The second kappa shape index (κ2) is 9.42. The summed E-state index contributed by atoms with van der Waals surface area (Å²) in [4.78, 5) is 13.1. The monoisotopic (exact) mass is 452 g/mol. The Balaban J connectivity index is 1.60. The van der Waals surface area contributed by atoms with Gasteiger partial charge in [0.05, 0.1) is 4.90 Å². The minimum Gasteiger partial charge on any atom is -0.486 e. The fraction of sp³-hybridized carbons (Fsp3) is 0.208. The Morgan fingerprint density at radius 1 is 0.938 bits per heavy atom. The van der Waals surface area contributed by atoms with Gasteiger partial charge in [-0.05, 0) is 42.7 Å². The molecular formula is C24H24N2O5S. The smallest absolute Gasteiger partial charge is 0.242 e. The van der Waals surface area contributed by atoms with Crippen LogP contribution in [0.5, 0.6) is 11.5 Å². The minimum atomic E-state index is -4.01. The lowest BCUT2D eigenvalue weighted by Crippen LogP contribution is -2.45. The number of aryl methyl sites for hydroxylation is 1. The van der Waals surface area contributed by atoms with Crippen LogP contribution in [0.3, 0.4) is 0 Å². The van der Waals surface area contributed by atoms with Crippen molar-refractivity contribution in [1.82, 2.24) is 4.72 Å². The Morgan fingerprint density at radius 2 is 1.62 bits per heavy atom. The summed E-state index contributed by atoms with van der Waals surface area (Å²) in [6.45, 7) is 2.64. The van der Waals surface area contributed by atoms with Crippen LogP contribution in [-0.2, 0) is 21.2 Å². The molecule has 7 nitrogen and oxygen atoms in total. The molecule has 1 heterocycles. The number of fused-ring (bicyclic) bond motifs is 1. The highest BCUT2D eigenvalue weighted by atomic mass is 32.2. The maximum atomic E-state index is 13.2. The fourth-order valence-corrected chi connectivity index (χ4v) is 4.63. The summed E-state index contributed by atoms with van der Waals surface area (Å²) < 4.78 is 39.8. The first kappa shape index (κ1) is 21.9. The normalized spacial score (nSPS) is 13.9. The average molecular weight is 453 g/mol. The standard InChI is InChI=1S/C24H24N2O5S/c1-17-7-5-6-10-20(17)25-24(27)21(15-18-8-3-2-4-9-18)26-32(28,29)19-11-12-22-23(16-19)31-14-13-30-22/h2-12,16,21,26H,13-15H2,1H3,(H,25,27)/t21-/m0/s1. The second-order valence-electron chi connectivity index (χ2n) is 7.47. The third kappa shape index (κ3) is 5.09. The largest absolute Gasteiger partial charge is 0.486 e. The number of amides is 1. The Labute approximate surface area is 187 Å². The van der Waals surface area contributed by atoms with Gasteiger partial charge in [0.25, 0.3) is 0 Å². The molecule has 166 valence electrons. The van der Waals surface area contributed by atoms with Gasteiger partial charge in [-0.25, -0.2) is 8.42 Å². The molecule has 0 aliphatic carbocycles. The van der Waals surface area contributed by atoms with Crippen molar-refractivity contribution in [2.45, 2.75) is 24.3 Å². The second-order valence-corrected chi connectivity index (χ2v) is 9.19. The lowest BCUT2D eigenvalue weighted by Gasteiger charge is -2.21. The van der Waals surface area contributed by atoms with E-state index in [4.69, 9.17) is 9.47 Å². The summed E-state index contributed by atoms with van der Waals surface area (Å²) in [6.07, 6.45) is 0.197. The number of carbonyl (C=O) groups is 1. The summed E-state index contributed by atoms with van der Waals surface area (Å²) >= 11 is 0. The van der Waals surface area contributed by atoms with Crippen LogP contribution in [0.2, 0.25) is 0 Å². The van der Waals surface area contributed by atoms with Crippen LogP contribution >= 0.6 is 0 Å². The van der Waals surface area contributed by atoms with Crippen molar-refractivity contribution in [3.05, 3.63) is 83.9 Å². The van der Waals surface area contributed by atoms with Gasteiger partial charge in [-0.15, -0.1) is 0 Å². The number of ether oxygens (including phenoxy) is 2. The molecule has 1 amide bonds. The molecule has 3 aromatic rings. The highest BCUT2D eigenvalue weighted by Gasteiger charge is 2.27. The Kier molecular flexibility index (Phi) is 6.43. The van der Waals surface area contributed by atoms with E-state index in [0.717, 1.165) is 11.1 Å². The molecule has 0 unspecified atom stereocenters. The SMILES string of the molecule is Cc1ccccc1NC(=O)[C@H](Cc1ccccc1)NS(=O)(=O)c1ccc2c(c1)OCCO2. The summed E-state index contributed by atoms with van der Waals surface area (Å²) in [5, 5.41) is 2.84. The molecule has 1 atom stereocenters. The van der Waals surface area contributed by atoms with E-state index in [0.29, 0.717) is 30.4 Å². The molecule has 4 rings (SSSR count). The average Bonchev–Trinajstić information content (AvgIpc) is 2.80. The summed E-state index contributed by atoms with van der Waals surface area (Å²) in [7, 11) is -4.01. The lowest BCUT2D eigenvalue weighted by molar-refractivity contribution is -0.117. The van der Waals surface area contributed by atoms with Gasteiger partial charge in [-0.1, -0.05) is 48.5 Å². The van der Waals surface area contributed by atoms with Gasteiger partial charge in [0.2, 0.25) is 15.9 Å². The van der Waals surface area contributed by atoms with Crippen molar-refractivity contribution in [2.24, 2.45) is 0 Å². The van der Waals surface area contributed by atoms with E-state index in [-0.39, 0.29) is 11.3 Å². The minimum absolute atomic E-state index is 0.00324. The van der Waals surface area contributed by atoms with E-state index in [1.807, 2.05) is 55.5 Å². The molecule has 8 heteroatoms. The highest BCUT2D eigenvalue weighted by molar-refractivity contribution is 7.89. The van der Waals surface area contributed by atoms with Gasteiger partial charge in [0, 0.05) is 11.8 Å². The first-order valence-electron chi connectivity index (χ1n) is 10.2. The number of nitrogens with one attached hydrogen (secondary N) is 2. The van der Waals surface area contributed by atoms with Crippen molar-refractivity contribution in [3.63, 3.8) is 0 Å². The van der Waals surface area contributed by atoms with Crippen molar-refractivity contribution < 1.29 is 22.7 Å². The maximum absolute atomic E-state index is 13.2. The van der Waals surface area contributed by atoms with E-state index < -0.39 is 22.0 Å². The van der Waals surface area contributed by atoms with Crippen LogP contribution in [0.1, 0.15) is 11.1 Å². The van der Waals surface area contributed by atoms with Crippen molar-refractivity contribution >= 4 is 21.6 Å². The van der Waals surface area contributed by atoms with Crippen molar-refractivity contribution in [1.29, 1.82) is 0 Å². The molecule has 3 aromatic carbocycles. The zero-order chi connectivity index (χ0) is 22.6. The van der Waals surface area contributed by atoms with Crippen LogP contribution in [0.4, 0.5) is 5.69 Å². The molecule has 2 N–H and O–H groups in total. The number of rotatable bonds is 7. The zero-order valence-corrected chi connectivity index (χ0v) is 18.4. The highest BCUT2D eigenvalue weighted by Crippen LogP contribution is 2.32. The molecule has 1 aliphatic rings. The van der Waals surface area contributed by atoms with E-state index in [2.05, 4.69) is 10.0 Å². The van der Waals surface area contributed by atoms with Gasteiger partial charge in [-0.2, -0.15) is 4.72 Å². The summed E-state index contributed by atoms with van der Waals surface area (Å²) in [5.74, 6) is 0.417. The number of benzene rings is 3. The number of hydrogen-bond donors (Lipinski definition) is 2. The quantitative estimate of drug-likeness (QED) is 0.574. The van der Waals surface area contributed by atoms with E-state index in [9.17, 15) is 13.2 Å². The topological polar surface area (TPSA) is 93.7 Å². The Hall–Kier alpha value is -3.36. The molecule has 0 saturated heterocycles. The predicted octanol–water partition coefficient (Wildman–Crippen LogP) is 3.29. The first-order valence-corrected chi connectivity index (χ1v) is 11.7. The molecule has 0 saturated carbocycles. The molecule has 1 aliphatic heterocycles. The number of anilines is 1. The van der Waals surface area contributed by atoms with Crippen LogP contribution in [0, 0.1) is 6.92 Å². The first-order chi connectivity index (χ1) is 15.4. The number of para-hydroxylation sites is 1. The van der Waals surface area contributed by atoms with Crippen LogP contribution in [0.25, 0.3) is 0 Å². The van der Waals surface area contributed by atoms with Crippen LogP contribution < -0.4 is 19.5 Å². The van der Waals surface area contributed by atoms with E-state index >= 15 is 0 Å². The van der Waals surface area contributed by atoms with Gasteiger partial charge < -0.3 is 14.8 Å². The van der Waals surface area contributed by atoms with Gasteiger partial charge in [0.15, 0.2) is 11.5 Å². The number of sulfonamides is 1. The van der Waals surface area contributed by atoms with Crippen LogP contribution in [-0.4, -0.2) is 33.6 Å². The number of carbonyl (C=O) groups excluding carboxylic acids is 1. The molecule has 0 spiro atoms. The molecule has 32 heavy (non-hydrogen) atoms. The zero-order valence-electron chi connectivity index (χ0n) is 17.6. The maximum Gasteiger partial charge on any atom is 0.242 e. The predicted molar refractivity (Wildman–Crippen MR) is 121 cm³/mol. The van der Waals surface area contributed by atoms with Gasteiger partial charge >= 0.3 is 0 Å². The molecule has 0 fully saturated rings. The molecular weight excluding hydrogens is 428 g/mol. The van der Waals surface area contributed by atoms with E-state index in [1.165, 1.54) is 12.1 Å². The van der Waals surface area contributed by atoms with Crippen molar-refractivity contribution in [2.75, 3.05) is 18.5 Å². The van der Waals surface area contributed by atoms with Gasteiger partial charge in [-0.3, -0.25) is 4.79 Å². The van der Waals surface area contributed by atoms with Gasteiger partial charge in [0.1, 0.15) is 19.3 Å².